The fraction of sp³-hybridized carbons (Fsp3) is 0.143. The van der Waals surface area contributed by atoms with Gasteiger partial charge >= 0.3 is 7.80 Å². The van der Waals surface area contributed by atoms with Gasteiger partial charge in [0.2, 0.25) is 5.30 Å². The molecule has 0 aliphatic heterocycles. The molecule has 0 radical (unpaired) electrons. The average Bonchev–Trinajstić information content (AvgIpc) is 1.88. The van der Waals surface area contributed by atoms with E-state index in [2.05, 4.69) is 0 Å². The lowest BCUT2D eigenvalue weighted by Crippen LogP contribution is -2.02. The lowest BCUT2D eigenvalue weighted by atomic mass is 10.3. The van der Waals surface area contributed by atoms with Gasteiger partial charge in [-0.2, -0.15) is 0 Å². The summed E-state index contributed by atoms with van der Waals surface area (Å²) in [5.74, 6) is 0. The summed E-state index contributed by atoms with van der Waals surface area (Å²) < 4.78 is 10.9. The summed E-state index contributed by atoms with van der Waals surface area (Å²) in [7, 11) is -1.29. The third-order valence-corrected chi connectivity index (χ3v) is 2.36. The van der Waals surface area contributed by atoms with Crippen molar-refractivity contribution in [1.29, 1.82) is 0 Å². The molecule has 0 aromatic heterocycles. The van der Waals surface area contributed by atoms with E-state index in [9.17, 15) is 4.57 Å². The first kappa shape index (κ1) is 7.23. The first-order chi connectivity index (χ1) is 4.72. The molecule has 1 unspecified atom stereocenters. The number of rotatable bonds is 1. The van der Waals surface area contributed by atoms with Crippen molar-refractivity contribution in [2.45, 2.75) is 0 Å². The van der Waals surface area contributed by atoms with Crippen LogP contribution in [0.3, 0.4) is 0 Å². The van der Waals surface area contributed by atoms with Crippen LogP contribution in [0.25, 0.3) is 0 Å². The second kappa shape index (κ2) is 2.80. The van der Waals surface area contributed by atoms with Crippen LogP contribution in [-0.4, -0.2) is 6.66 Å². The number of anilines is 1. The van der Waals surface area contributed by atoms with Gasteiger partial charge < -0.3 is 5.73 Å². The minimum Gasteiger partial charge on any atom is -0.395 e. The molecule has 1 aromatic carbocycles. The topological polar surface area (TPSA) is 43.1 Å². The van der Waals surface area contributed by atoms with Crippen molar-refractivity contribution in [2.75, 3.05) is 12.4 Å². The Morgan fingerprint density at radius 3 is 2.40 bits per heavy atom. The van der Waals surface area contributed by atoms with Gasteiger partial charge in [0.1, 0.15) is 6.66 Å². The standard InChI is InChI=1S/C7H9NOP/c1-10(9)7-5-3-2-4-6(7)8/h2-5H,8H2,1H3/q+1. The summed E-state index contributed by atoms with van der Waals surface area (Å²) in [4.78, 5) is 0. The monoisotopic (exact) mass is 154 g/mol. The number of para-hydroxylation sites is 1. The van der Waals surface area contributed by atoms with Crippen LogP contribution in [0, 0.1) is 0 Å². The molecule has 0 aliphatic carbocycles. The molecule has 1 rings (SSSR count). The van der Waals surface area contributed by atoms with Gasteiger partial charge in [-0.15, -0.1) is 0 Å². The summed E-state index contributed by atoms with van der Waals surface area (Å²) in [6.45, 7) is 1.65. The molecule has 1 aromatic rings. The molecule has 0 bridgehead atoms. The van der Waals surface area contributed by atoms with Crippen LogP contribution in [0.4, 0.5) is 5.69 Å². The molecule has 10 heavy (non-hydrogen) atoms. The minimum atomic E-state index is -1.29. The predicted molar refractivity (Wildman–Crippen MR) is 44.0 cm³/mol. The van der Waals surface area contributed by atoms with Crippen LogP contribution in [-0.2, 0) is 4.57 Å². The Bertz CT molecular complexity index is 260. The highest BCUT2D eigenvalue weighted by Crippen LogP contribution is 2.17. The van der Waals surface area contributed by atoms with Crippen LogP contribution < -0.4 is 11.0 Å². The molecule has 1 atom stereocenters. The minimum absolute atomic E-state index is 0.617. The second-order valence-electron chi connectivity index (χ2n) is 2.06. The van der Waals surface area contributed by atoms with Crippen LogP contribution in [0.1, 0.15) is 0 Å². The zero-order valence-corrected chi connectivity index (χ0v) is 6.64. The lowest BCUT2D eigenvalue weighted by Gasteiger charge is -1.89. The van der Waals surface area contributed by atoms with Gasteiger partial charge in [-0.25, -0.2) is 0 Å². The summed E-state index contributed by atoms with van der Waals surface area (Å²) in [5.41, 5.74) is 6.15. The Hall–Kier alpha value is -0.880. The molecule has 2 nitrogen and oxygen atoms in total. The summed E-state index contributed by atoms with van der Waals surface area (Å²) in [6, 6.07) is 7.21. The number of nitrogens with two attached hydrogens (primary N) is 1. The third kappa shape index (κ3) is 1.34. The highest BCUT2D eigenvalue weighted by molar-refractivity contribution is 7.53. The Morgan fingerprint density at radius 2 is 2.00 bits per heavy atom. The molecule has 2 N–H and O–H groups in total. The van der Waals surface area contributed by atoms with Crippen molar-refractivity contribution in [3.8, 4) is 0 Å². The van der Waals surface area contributed by atoms with E-state index in [1.54, 1.807) is 18.8 Å². The number of hydrogen-bond donors (Lipinski definition) is 1. The first-order valence-electron chi connectivity index (χ1n) is 2.97. The molecular weight excluding hydrogens is 145 g/mol. The van der Waals surface area contributed by atoms with Gasteiger partial charge in [0.15, 0.2) is 0 Å². The summed E-state index contributed by atoms with van der Waals surface area (Å²) >= 11 is 0. The molecular formula is C7H9NOP+. The SMILES string of the molecule is C[P+](=O)c1ccccc1N. The molecule has 0 fully saturated rings. The zero-order valence-electron chi connectivity index (χ0n) is 5.74. The van der Waals surface area contributed by atoms with Crippen LogP contribution >= 0.6 is 7.80 Å². The third-order valence-electron chi connectivity index (χ3n) is 1.28. The molecule has 0 heterocycles. The fourth-order valence-electron chi connectivity index (χ4n) is 0.774. The smallest absolute Gasteiger partial charge is 0.375 e. The van der Waals surface area contributed by atoms with E-state index >= 15 is 0 Å². The van der Waals surface area contributed by atoms with E-state index in [0.717, 1.165) is 5.30 Å². The quantitative estimate of drug-likeness (QED) is 0.490. The van der Waals surface area contributed by atoms with E-state index in [-0.39, 0.29) is 0 Å². The Balaban J connectivity index is 3.15. The van der Waals surface area contributed by atoms with Gasteiger partial charge in [0.05, 0.1) is 5.69 Å². The van der Waals surface area contributed by atoms with E-state index in [0.29, 0.717) is 5.69 Å². The highest BCUT2D eigenvalue weighted by atomic mass is 31.1. The Labute approximate surface area is 60.8 Å². The van der Waals surface area contributed by atoms with Crippen molar-refractivity contribution in [3.63, 3.8) is 0 Å². The fourth-order valence-corrected chi connectivity index (χ4v) is 1.51. The number of hydrogen-bond acceptors (Lipinski definition) is 2. The second-order valence-corrected chi connectivity index (χ2v) is 3.53. The van der Waals surface area contributed by atoms with Crippen LogP contribution in [0.15, 0.2) is 24.3 Å². The van der Waals surface area contributed by atoms with Crippen molar-refractivity contribution >= 4 is 18.8 Å². The molecule has 0 spiro atoms. The Kier molecular flexibility index (Phi) is 2.03. The molecule has 0 saturated heterocycles. The molecule has 0 amide bonds. The molecule has 0 aliphatic rings. The van der Waals surface area contributed by atoms with E-state index < -0.39 is 7.80 Å². The molecule has 52 valence electrons. The van der Waals surface area contributed by atoms with Gasteiger partial charge in [-0.1, -0.05) is 16.7 Å². The zero-order chi connectivity index (χ0) is 7.56. The van der Waals surface area contributed by atoms with Gasteiger partial charge in [-0.05, 0) is 12.1 Å². The Morgan fingerprint density at radius 1 is 1.40 bits per heavy atom. The van der Waals surface area contributed by atoms with E-state index in [1.165, 1.54) is 0 Å². The van der Waals surface area contributed by atoms with Crippen LogP contribution in [0.5, 0.6) is 0 Å². The molecule has 3 heteroatoms. The summed E-state index contributed by atoms with van der Waals surface area (Å²) in [6.07, 6.45) is 0. The predicted octanol–water partition coefficient (Wildman–Crippen LogP) is 1.35. The average molecular weight is 154 g/mol. The number of benzene rings is 1. The lowest BCUT2D eigenvalue weighted by molar-refractivity contribution is 0.596. The van der Waals surface area contributed by atoms with Gasteiger partial charge in [0, 0.05) is 0 Å². The van der Waals surface area contributed by atoms with Crippen molar-refractivity contribution in [2.24, 2.45) is 0 Å². The van der Waals surface area contributed by atoms with E-state index in [1.807, 2.05) is 12.1 Å². The summed E-state index contributed by atoms with van der Waals surface area (Å²) in [5, 5.41) is 0.748. The van der Waals surface area contributed by atoms with Crippen molar-refractivity contribution in [1.82, 2.24) is 0 Å². The maximum atomic E-state index is 10.9. The number of nitrogen functional groups attached to an aromatic ring is 1. The maximum absolute atomic E-state index is 10.9. The highest BCUT2D eigenvalue weighted by Gasteiger charge is 2.13. The van der Waals surface area contributed by atoms with Crippen molar-refractivity contribution in [3.05, 3.63) is 24.3 Å². The first-order valence-corrected chi connectivity index (χ1v) is 4.68. The maximum Gasteiger partial charge on any atom is 0.375 e. The van der Waals surface area contributed by atoms with Crippen LogP contribution in [0.2, 0.25) is 0 Å². The molecule has 0 saturated carbocycles. The van der Waals surface area contributed by atoms with Gasteiger partial charge in [0.25, 0.3) is 0 Å². The van der Waals surface area contributed by atoms with Gasteiger partial charge in [-0.3, -0.25) is 0 Å². The normalized spacial score (nSPS) is 11.1. The van der Waals surface area contributed by atoms with Crippen molar-refractivity contribution < 1.29 is 4.57 Å². The largest absolute Gasteiger partial charge is 0.395 e. The van der Waals surface area contributed by atoms with E-state index in [4.69, 9.17) is 5.73 Å².